The van der Waals surface area contributed by atoms with Crippen molar-refractivity contribution in [2.24, 2.45) is 0 Å². The lowest BCUT2D eigenvalue weighted by atomic mass is 10.1. The van der Waals surface area contributed by atoms with Crippen LogP contribution in [0.5, 0.6) is 5.75 Å². The van der Waals surface area contributed by atoms with Crippen molar-refractivity contribution in [2.45, 2.75) is 12.7 Å². The van der Waals surface area contributed by atoms with Crippen LogP contribution in [-0.4, -0.2) is 68.6 Å². The molecule has 1 fully saturated rings. The first-order valence-corrected chi connectivity index (χ1v) is 13.8. The van der Waals surface area contributed by atoms with Crippen molar-refractivity contribution < 1.29 is 23.8 Å². The fourth-order valence-electron chi connectivity index (χ4n) is 4.76. The third kappa shape index (κ3) is 6.47. The van der Waals surface area contributed by atoms with Gasteiger partial charge in [-0.25, -0.2) is 4.79 Å². The second-order valence-corrected chi connectivity index (χ2v) is 10.6. The molecule has 0 radical (unpaired) electrons. The molecule has 1 unspecified atom stereocenters. The summed E-state index contributed by atoms with van der Waals surface area (Å²) in [5.41, 5.74) is 2.51. The molecule has 7 nitrogen and oxygen atoms in total. The van der Waals surface area contributed by atoms with Gasteiger partial charge in [0.15, 0.2) is 0 Å². The van der Waals surface area contributed by atoms with E-state index < -0.39 is 0 Å². The smallest absolute Gasteiger partial charge is 0.337 e. The van der Waals surface area contributed by atoms with Gasteiger partial charge in [0.2, 0.25) is 0 Å². The van der Waals surface area contributed by atoms with Crippen LogP contribution in [0.4, 0.5) is 0 Å². The Labute approximate surface area is 232 Å². The number of fused-ring (bicyclic) bond motifs is 1. The Balaban J connectivity index is 1.23. The van der Waals surface area contributed by atoms with Crippen LogP contribution >= 0.6 is 11.3 Å². The highest BCUT2D eigenvalue weighted by Gasteiger charge is 2.26. The van der Waals surface area contributed by atoms with Gasteiger partial charge in [0, 0.05) is 37.4 Å². The molecule has 0 spiro atoms. The molecule has 2 heterocycles. The molecule has 1 aliphatic rings. The Morgan fingerprint density at radius 3 is 2.38 bits per heavy atom. The lowest BCUT2D eigenvalue weighted by Gasteiger charge is -2.36. The minimum atomic E-state index is -0.360. The topological polar surface area (TPSA) is 68.3 Å². The number of thiophene rings is 1. The molecule has 4 aromatic rings. The summed E-state index contributed by atoms with van der Waals surface area (Å²) in [5.74, 6) is 0.524. The molecule has 202 valence electrons. The summed E-state index contributed by atoms with van der Waals surface area (Å²) in [4.78, 5) is 30.0. The first-order valence-electron chi connectivity index (χ1n) is 13.0. The quantitative estimate of drug-likeness (QED) is 0.263. The van der Waals surface area contributed by atoms with E-state index in [-0.39, 0.29) is 18.0 Å². The average Bonchev–Trinajstić information content (AvgIpc) is 3.43. The third-order valence-corrected chi connectivity index (χ3v) is 8.12. The number of carbonyl (C=O) groups excluding carboxylic acids is 2. The van der Waals surface area contributed by atoms with Gasteiger partial charge >= 0.3 is 5.97 Å². The van der Waals surface area contributed by atoms with E-state index in [9.17, 15) is 9.59 Å². The number of carbonyl (C=O) groups is 2. The molecule has 1 saturated heterocycles. The predicted molar refractivity (Wildman–Crippen MR) is 152 cm³/mol. The Morgan fingerprint density at radius 1 is 0.897 bits per heavy atom. The first-order chi connectivity index (χ1) is 19.0. The number of ether oxygens (including phenoxy) is 3. The van der Waals surface area contributed by atoms with Gasteiger partial charge in [0.05, 0.1) is 37.4 Å². The number of piperazine rings is 1. The summed E-state index contributed by atoms with van der Waals surface area (Å²) in [5, 5.41) is 1.11. The molecule has 39 heavy (non-hydrogen) atoms. The van der Waals surface area contributed by atoms with Crippen LogP contribution in [0.2, 0.25) is 0 Å². The number of amides is 1. The molecule has 1 aliphatic heterocycles. The molecule has 8 heteroatoms. The summed E-state index contributed by atoms with van der Waals surface area (Å²) in [6, 6.07) is 25.3. The lowest BCUT2D eigenvalue weighted by Crippen LogP contribution is -2.49. The molecule has 0 saturated carbocycles. The van der Waals surface area contributed by atoms with Gasteiger partial charge in [0.25, 0.3) is 5.91 Å². The van der Waals surface area contributed by atoms with E-state index in [1.54, 1.807) is 30.6 Å². The van der Waals surface area contributed by atoms with E-state index in [4.69, 9.17) is 14.2 Å². The zero-order chi connectivity index (χ0) is 27.2. The highest BCUT2D eigenvalue weighted by Crippen LogP contribution is 2.28. The van der Waals surface area contributed by atoms with E-state index in [2.05, 4.69) is 17.0 Å². The minimum absolute atomic E-state index is 0.104. The maximum absolute atomic E-state index is 13.2. The van der Waals surface area contributed by atoms with Gasteiger partial charge in [-0.05, 0) is 52.9 Å². The Hall–Kier alpha value is -3.72. The minimum Gasteiger partial charge on any atom is -0.497 e. The Bertz CT molecular complexity index is 1390. The van der Waals surface area contributed by atoms with Crippen LogP contribution in [0.1, 0.15) is 37.3 Å². The number of esters is 1. The van der Waals surface area contributed by atoms with Crippen molar-refractivity contribution in [1.82, 2.24) is 9.80 Å². The van der Waals surface area contributed by atoms with Crippen molar-refractivity contribution in [3.8, 4) is 5.75 Å². The van der Waals surface area contributed by atoms with Gasteiger partial charge in [-0.15, -0.1) is 11.3 Å². The van der Waals surface area contributed by atoms with Crippen molar-refractivity contribution >= 4 is 33.3 Å². The molecule has 1 amide bonds. The van der Waals surface area contributed by atoms with E-state index >= 15 is 0 Å². The molecule has 0 bridgehead atoms. The van der Waals surface area contributed by atoms with Gasteiger partial charge < -0.3 is 19.1 Å². The van der Waals surface area contributed by atoms with Gasteiger partial charge in [-0.1, -0.05) is 42.5 Å². The van der Waals surface area contributed by atoms with E-state index in [0.29, 0.717) is 31.8 Å². The van der Waals surface area contributed by atoms with Gasteiger partial charge in [-0.3, -0.25) is 9.69 Å². The number of benzene rings is 3. The molecule has 0 N–H and O–H groups in total. The molecular formula is C31H32N2O5S. The van der Waals surface area contributed by atoms with Crippen LogP contribution in [0.3, 0.4) is 0 Å². The van der Waals surface area contributed by atoms with E-state index in [0.717, 1.165) is 44.9 Å². The second kappa shape index (κ2) is 12.4. The van der Waals surface area contributed by atoms with Crippen LogP contribution < -0.4 is 4.74 Å². The number of nitrogens with zero attached hydrogens (tertiary/aromatic N) is 2. The summed E-state index contributed by atoms with van der Waals surface area (Å²) < 4.78 is 17.8. The maximum Gasteiger partial charge on any atom is 0.337 e. The average molecular weight is 545 g/mol. The molecule has 0 aliphatic carbocycles. The van der Waals surface area contributed by atoms with E-state index in [1.165, 1.54) is 7.11 Å². The van der Waals surface area contributed by atoms with Crippen LogP contribution in [-0.2, 0) is 16.1 Å². The fraction of sp³-hybridized carbons (Fsp3) is 0.290. The zero-order valence-corrected chi connectivity index (χ0v) is 23.0. The summed E-state index contributed by atoms with van der Waals surface area (Å²) in [6.45, 7) is 3.98. The first kappa shape index (κ1) is 26.9. The van der Waals surface area contributed by atoms with Gasteiger partial charge in [-0.2, -0.15) is 0 Å². The van der Waals surface area contributed by atoms with Crippen LogP contribution in [0, 0.1) is 0 Å². The Morgan fingerprint density at radius 2 is 1.67 bits per heavy atom. The van der Waals surface area contributed by atoms with Crippen LogP contribution in [0.15, 0.2) is 78.9 Å². The maximum atomic E-state index is 13.2. The third-order valence-electron chi connectivity index (χ3n) is 7.01. The number of methoxy groups -OCH3 is 2. The van der Waals surface area contributed by atoms with Crippen molar-refractivity contribution in [3.05, 3.63) is 100 Å². The second-order valence-electron chi connectivity index (χ2n) is 9.51. The molecule has 3 aromatic carbocycles. The zero-order valence-electron chi connectivity index (χ0n) is 22.2. The lowest BCUT2D eigenvalue weighted by molar-refractivity contribution is 0.00337. The van der Waals surface area contributed by atoms with E-state index in [1.807, 2.05) is 59.5 Å². The molecular weight excluding hydrogens is 512 g/mol. The summed E-state index contributed by atoms with van der Waals surface area (Å²) in [6.07, 6.45) is -0.190. The standard InChI is InChI=1S/C31H32N2O5S/c1-36-26-8-5-7-24(18-26)27(38-21-22-10-12-23(13-11-22)31(35)37-2)20-32-14-16-33(17-15-32)30(34)29-19-25-6-3-4-9-28(25)39-29/h3-13,18-19,27H,14-17,20-21H2,1-2H3. The number of hydrogen-bond donors (Lipinski definition) is 0. The molecule has 1 aromatic heterocycles. The highest BCUT2D eigenvalue weighted by atomic mass is 32.1. The molecule has 1 atom stereocenters. The normalized spacial score (nSPS) is 14.8. The van der Waals surface area contributed by atoms with Crippen molar-refractivity contribution in [1.29, 1.82) is 0 Å². The predicted octanol–water partition coefficient (Wildman–Crippen LogP) is 5.41. The highest BCUT2D eigenvalue weighted by molar-refractivity contribution is 7.20. The van der Waals surface area contributed by atoms with Crippen molar-refractivity contribution in [3.63, 3.8) is 0 Å². The summed E-state index contributed by atoms with van der Waals surface area (Å²) in [7, 11) is 3.03. The fourth-order valence-corrected chi connectivity index (χ4v) is 5.79. The SMILES string of the molecule is COC(=O)c1ccc(COC(CN2CCN(C(=O)c3cc4ccccc4s3)CC2)c2cccc(OC)c2)cc1. The molecule has 5 rings (SSSR count). The number of rotatable bonds is 9. The monoisotopic (exact) mass is 544 g/mol. The Kier molecular flexibility index (Phi) is 8.56. The largest absolute Gasteiger partial charge is 0.497 e. The summed E-state index contributed by atoms with van der Waals surface area (Å²) >= 11 is 1.56. The van der Waals surface area contributed by atoms with Crippen molar-refractivity contribution in [2.75, 3.05) is 46.9 Å². The van der Waals surface area contributed by atoms with Gasteiger partial charge in [0.1, 0.15) is 5.75 Å². The van der Waals surface area contributed by atoms with Crippen LogP contribution in [0.25, 0.3) is 10.1 Å². The number of hydrogen-bond acceptors (Lipinski definition) is 7.